The van der Waals surface area contributed by atoms with Gasteiger partial charge in [0.25, 0.3) is 0 Å². The largest absolute Gasteiger partial charge is 0.377 e. The lowest BCUT2D eigenvalue weighted by atomic mass is 9.97. The minimum absolute atomic E-state index is 0.368. The minimum Gasteiger partial charge on any atom is -0.377 e. The zero-order chi connectivity index (χ0) is 13.5. The maximum absolute atomic E-state index is 5.15. The average molecular weight is 277 g/mol. The number of methoxy groups -OCH3 is 1. The molecule has 2 fully saturated rings. The molecule has 0 spiro atoms. The van der Waals surface area contributed by atoms with E-state index in [1.54, 1.807) is 7.11 Å². The fourth-order valence-electron chi connectivity index (χ4n) is 3.98. The molecule has 1 N–H and O–H groups in total. The normalized spacial score (nSPS) is 35.5. The first-order valence-corrected chi connectivity index (χ1v) is 7.74. The third-order valence-electron chi connectivity index (χ3n) is 4.94. The van der Waals surface area contributed by atoms with Crippen molar-refractivity contribution in [1.82, 2.24) is 25.0 Å². The summed E-state index contributed by atoms with van der Waals surface area (Å²) in [4.78, 5) is 7.25. The maximum Gasteiger partial charge on any atom is 0.176 e. The first-order chi connectivity index (χ1) is 9.83. The van der Waals surface area contributed by atoms with Crippen LogP contribution in [0.3, 0.4) is 0 Å². The van der Waals surface area contributed by atoms with E-state index in [1.165, 1.54) is 38.9 Å². The first kappa shape index (κ1) is 12.7. The fraction of sp³-hybridized carbons (Fsp3) is 0.857. The van der Waals surface area contributed by atoms with Crippen molar-refractivity contribution in [2.75, 3.05) is 26.7 Å². The maximum atomic E-state index is 5.15. The lowest BCUT2D eigenvalue weighted by molar-refractivity contribution is 0.177. The Bertz CT molecular complexity index is 488. The molecular weight excluding hydrogens is 254 g/mol. The van der Waals surface area contributed by atoms with Crippen molar-refractivity contribution in [3.05, 3.63) is 11.6 Å². The molecule has 6 nitrogen and oxygen atoms in total. The Morgan fingerprint density at radius 3 is 3.00 bits per heavy atom. The van der Waals surface area contributed by atoms with E-state index in [1.807, 2.05) is 0 Å². The van der Waals surface area contributed by atoms with E-state index in [4.69, 9.17) is 4.74 Å². The number of piperidine rings is 1. The first-order valence-electron chi connectivity index (χ1n) is 7.74. The van der Waals surface area contributed by atoms with E-state index >= 15 is 0 Å². The highest BCUT2D eigenvalue weighted by Crippen LogP contribution is 2.31. The second kappa shape index (κ2) is 5.09. The van der Waals surface area contributed by atoms with Gasteiger partial charge in [-0.25, -0.2) is 9.67 Å². The van der Waals surface area contributed by atoms with Gasteiger partial charge in [-0.2, -0.15) is 5.10 Å². The number of rotatable bonds is 4. The topological polar surface area (TPSA) is 55.2 Å². The Kier molecular flexibility index (Phi) is 3.24. The van der Waals surface area contributed by atoms with Crippen LogP contribution in [0.5, 0.6) is 0 Å². The predicted molar refractivity (Wildman–Crippen MR) is 74.2 cm³/mol. The zero-order valence-corrected chi connectivity index (χ0v) is 12.1. The molecule has 1 unspecified atom stereocenters. The third kappa shape index (κ3) is 2.16. The van der Waals surface area contributed by atoms with Crippen molar-refractivity contribution >= 4 is 0 Å². The van der Waals surface area contributed by atoms with Gasteiger partial charge in [-0.05, 0) is 31.7 Å². The summed E-state index contributed by atoms with van der Waals surface area (Å²) in [5, 5.41) is 8.40. The molecule has 4 heterocycles. The van der Waals surface area contributed by atoms with Gasteiger partial charge < -0.3 is 15.0 Å². The molecule has 4 rings (SSSR count). The summed E-state index contributed by atoms with van der Waals surface area (Å²) in [6, 6.07) is 1.01. The number of fused-ring (bicyclic) bond motifs is 3. The molecule has 0 amide bonds. The molecule has 2 saturated heterocycles. The van der Waals surface area contributed by atoms with Crippen LogP contribution < -0.4 is 5.32 Å². The smallest absolute Gasteiger partial charge is 0.176 e. The summed E-state index contributed by atoms with van der Waals surface area (Å²) in [5.74, 6) is 2.76. The van der Waals surface area contributed by atoms with Gasteiger partial charge >= 0.3 is 0 Å². The van der Waals surface area contributed by atoms with Crippen molar-refractivity contribution < 1.29 is 4.74 Å². The molecule has 0 aromatic carbocycles. The molecule has 2 bridgehead atoms. The van der Waals surface area contributed by atoms with Gasteiger partial charge in [0.15, 0.2) is 5.82 Å². The lowest BCUT2D eigenvalue weighted by Crippen LogP contribution is -2.43. The summed E-state index contributed by atoms with van der Waals surface area (Å²) in [5.41, 5.74) is 0. The Morgan fingerprint density at radius 1 is 1.30 bits per heavy atom. The highest BCUT2D eigenvalue weighted by atomic mass is 16.5. The van der Waals surface area contributed by atoms with Gasteiger partial charge in [-0.15, -0.1) is 0 Å². The summed E-state index contributed by atoms with van der Waals surface area (Å²) in [6.07, 6.45) is 3.71. The SMILES string of the molecule is COCc1nc2n(n1)CCC[C@H]2N[C@H]1CN2CC[C@H]1C2. The number of hydrogen-bond acceptors (Lipinski definition) is 5. The van der Waals surface area contributed by atoms with E-state index < -0.39 is 0 Å². The van der Waals surface area contributed by atoms with Crippen LogP contribution in [0, 0.1) is 5.92 Å². The summed E-state index contributed by atoms with van der Waals surface area (Å²) < 4.78 is 7.22. The van der Waals surface area contributed by atoms with Gasteiger partial charge in [-0.3, -0.25) is 0 Å². The highest BCUT2D eigenvalue weighted by Gasteiger charge is 2.39. The van der Waals surface area contributed by atoms with Crippen LogP contribution in [0.2, 0.25) is 0 Å². The van der Waals surface area contributed by atoms with Crippen molar-refractivity contribution in [2.45, 2.75) is 44.5 Å². The van der Waals surface area contributed by atoms with Crippen LogP contribution in [0.4, 0.5) is 0 Å². The van der Waals surface area contributed by atoms with Crippen LogP contribution in [-0.4, -0.2) is 52.5 Å². The molecule has 20 heavy (non-hydrogen) atoms. The van der Waals surface area contributed by atoms with Crippen LogP contribution in [0.15, 0.2) is 0 Å². The average Bonchev–Trinajstić information content (AvgIpc) is 3.13. The molecule has 4 atom stereocenters. The minimum atomic E-state index is 0.368. The van der Waals surface area contributed by atoms with E-state index in [-0.39, 0.29) is 0 Å². The number of aryl methyl sites for hydroxylation is 1. The molecule has 0 radical (unpaired) electrons. The Balaban J connectivity index is 1.49. The second-order valence-corrected chi connectivity index (χ2v) is 6.32. The van der Waals surface area contributed by atoms with E-state index in [9.17, 15) is 0 Å². The zero-order valence-electron chi connectivity index (χ0n) is 12.1. The molecule has 3 aliphatic rings. The molecule has 3 aliphatic heterocycles. The fourth-order valence-corrected chi connectivity index (χ4v) is 3.98. The molecule has 0 aliphatic carbocycles. The third-order valence-corrected chi connectivity index (χ3v) is 4.94. The van der Waals surface area contributed by atoms with Crippen molar-refractivity contribution in [3.63, 3.8) is 0 Å². The van der Waals surface area contributed by atoms with E-state index in [2.05, 4.69) is 25.0 Å². The monoisotopic (exact) mass is 277 g/mol. The van der Waals surface area contributed by atoms with Crippen LogP contribution in [-0.2, 0) is 17.9 Å². The number of aromatic nitrogens is 3. The number of nitrogens with zero attached hydrogens (tertiary/aromatic N) is 4. The lowest BCUT2D eigenvalue weighted by Gasteiger charge is -2.30. The van der Waals surface area contributed by atoms with Gasteiger partial charge in [0, 0.05) is 32.8 Å². The van der Waals surface area contributed by atoms with Crippen LogP contribution >= 0.6 is 0 Å². The van der Waals surface area contributed by atoms with E-state index in [0.29, 0.717) is 18.7 Å². The van der Waals surface area contributed by atoms with Gasteiger partial charge in [0.1, 0.15) is 12.4 Å². The molecular formula is C14H23N5O. The van der Waals surface area contributed by atoms with Gasteiger partial charge in [-0.1, -0.05) is 0 Å². The number of ether oxygens (including phenoxy) is 1. The highest BCUT2D eigenvalue weighted by molar-refractivity contribution is 5.05. The summed E-state index contributed by atoms with van der Waals surface area (Å²) in [7, 11) is 1.69. The number of nitrogens with one attached hydrogen (secondary N) is 1. The van der Waals surface area contributed by atoms with E-state index in [0.717, 1.165) is 24.1 Å². The molecule has 6 heteroatoms. The predicted octanol–water partition coefficient (Wildman–Crippen LogP) is 0.553. The van der Waals surface area contributed by atoms with Gasteiger partial charge in [0.2, 0.25) is 0 Å². The number of hydrogen-bond donors (Lipinski definition) is 1. The molecule has 1 aromatic rings. The molecule has 1 aromatic heterocycles. The Labute approximate surface area is 119 Å². The van der Waals surface area contributed by atoms with Crippen molar-refractivity contribution in [2.24, 2.45) is 5.92 Å². The van der Waals surface area contributed by atoms with Crippen molar-refractivity contribution in [3.8, 4) is 0 Å². The van der Waals surface area contributed by atoms with Crippen molar-refractivity contribution in [1.29, 1.82) is 0 Å². The van der Waals surface area contributed by atoms with Crippen LogP contribution in [0.1, 0.15) is 37.0 Å². The summed E-state index contributed by atoms with van der Waals surface area (Å²) in [6.45, 7) is 5.28. The summed E-state index contributed by atoms with van der Waals surface area (Å²) >= 11 is 0. The Hall–Kier alpha value is -0.980. The Morgan fingerprint density at radius 2 is 2.25 bits per heavy atom. The molecule has 0 saturated carbocycles. The quantitative estimate of drug-likeness (QED) is 0.871. The second-order valence-electron chi connectivity index (χ2n) is 6.32. The standard InChI is InChI=1S/C14H23N5O/c1-20-9-13-16-14-11(3-2-5-19(14)17-13)15-12-8-18-6-4-10(12)7-18/h10-12,15H,2-9H2,1H3/t10-,11+,12-/m0/s1. The molecule has 110 valence electrons. The van der Waals surface area contributed by atoms with Gasteiger partial charge in [0.05, 0.1) is 6.04 Å². The van der Waals surface area contributed by atoms with Crippen LogP contribution in [0.25, 0.3) is 0 Å².